The van der Waals surface area contributed by atoms with Crippen LogP contribution in [0.5, 0.6) is 5.88 Å². The fourth-order valence-corrected chi connectivity index (χ4v) is 6.85. The van der Waals surface area contributed by atoms with Crippen molar-refractivity contribution in [3.05, 3.63) is 76.9 Å². The van der Waals surface area contributed by atoms with Crippen molar-refractivity contribution in [1.29, 1.82) is 5.26 Å². The molecule has 1 aromatic heterocycles. The van der Waals surface area contributed by atoms with Gasteiger partial charge in [-0.25, -0.2) is 18.2 Å². The Kier molecular flexibility index (Phi) is 7.49. The number of nitriles is 1. The Labute approximate surface area is 245 Å². The first-order valence-corrected chi connectivity index (χ1v) is 16.1. The summed E-state index contributed by atoms with van der Waals surface area (Å²) >= 11 is 0. The Morgan fingerprint density at radius 2 is 1.88 bits per heavy atom. The highest BCUT2D eigenvalue weighted by molar-refractivity contribution is 7.90. The van der Waals surface area contributed by atoms with Crippen molar-refractivity contribution in [3.8, 4) is 11.9 Å². The molecule has 1 aliphatic carbocycles. The van der Waals surface area contributed by atoms with E-state index in [-0.39, 0.29) is 18.2 Å². The summed E-state index contributed by atoms with van der Waals surface area (Å²) in [4.78, 5) is 25.5. The second-order valence-corrected chi connectivity index (χ2v) is 13.1. The first-order chi connectivity index (χ1) is 20.3. The average molecular weight is 588 g/mol. The van der Waals surface area contributed by atoms with Crippen LogP contribution in [0.3, 0.4) is 0 Å². The number of ether oxygens (including phenoxy) is 2. The minimum atomic E-state index is -3.75. The van der Waals surface area contributed by atoms with Crippen LogP contribution in [0.25, 0.3) is 0 Å². The van der Waals surface area contributed by atoms with Gasteiger partial charge in [0.05, 0.1) is 24.1 Å². The zero-order valence-corrected chi connectivity index (χ0v) is 24.3. The number of hydrogen-bond acceptors (Lipinski definition) is 9. The molecule has 0 bridgehead atoms. The van der Waals surface area contributed by atoms with Crippen LogP contribution in [0.15, 0.2) is 59.8 Å². The van der Waals surface area contributed by atoms with E-state index in [0.717, 1.165) is 48.6 Å². The van der Waals surface area contributed by atoms with E-state index in [1.807, 2.05) is 47.4 Å². The Hall–Kier alpha value is -4.17. The normalized spacial score (nSPS) is 21.6. The first kappa shape index (κ1) is 28.0. The van der Waals surface area contributed by atoms with Crippen molar-refractivity contribution in [2.75, 3.05) is 30.8 Å². The minimum absolute atomic E-state index is 0.0968. The lowest BCUT2D eigenvalue weighted by molar-refractivity contribution is 0.0191. The molecule has 0 N–H and O–H groups in total. The van der Waals surface area contributed by atoms with Crippen LogP contribution < -0.4 is 9.64 Å². The van der Waals surface area contributed by atoms with Gasteiger partial charge in [0.15, 0.2) is 0 Å². The molecule has 1 fully saturated rings. The highest BCUT2D eigenvalue weighted by Crippen LogP contribution is 2.47. The molecule has 1 amide bonds. The summed E-state index contributed by atoms with van der Waals surface area (Å²) in [5, 5.41) is 9.28. The largest absolute Gasteiger partial charge is 0.466 e. The molecule has 2 aromatic carbocycles. The number of rotatable bonds is 5. The average Bonchev–Trinajstić information content (AvgIpc) is 3.00. The topological polar surface area (TPSA) is 126 Å². The number of benzene rings is 2. The molecule has 10 nitrogen and oxygen atoms in total. The van der Waals surface area contributed by atoms with Crippen LogP contribution >= 0.6 is 0 Å². The number of aromatic nitrogens is 2. The molecule has 1 saturated heterocycles. The summed E-state index contributed by atoms with van der Waals surface area (Å²) in [5.74, 6) is 0.782. The van der Waals surface area contributed by atoms with Crippen LogP contribution in [-0.4, -0.2) is 61.3 Å². The van der Waals surface area contributed by atoms with E-state index >= 15 is 0 Å². The molecule has 3 heterocycles. The maximum absolute atomic E-state index is 13.0. The zero-order chi connectivity index (χ0) is 29.3. The second-order valence-electron chi connectivity index (χ2n) is 11.2. The molecule has 2 aliphatic heterocycles. The molecule has 3 aromatic rings. The van der Waals surface area contributed by atoms with Crippen molar-refractivity contribution in [2.45, 2.75) is 61.9 Å². The van der Waals surface area contributed by atoms with Gasteiger partial charge in [0, 0.05) is 25.9 Å². The number of anilines is 1. The predicted octanol–water partition coefficient (Wildman–Crippen LogP) is 4.18. The van der Waals surface area contributed by atoms with Crippen molar-refractivity contribution in [3.63, 3.8) is 0 Å². The fraction of sp³-hybridized carbons (Fsp3) is 0.419. The van der Waals surface area contributed by atoms with E-state index in [9.17, 15) is 18.5 Å². The smallest absolute Gasteiger partial charge is 0.410 e. The number of sulfone groups is 1. The molecule has 0 radical (unpaired) electrons. The molecule has 1 spiro atoms. The monoisotopic (exact) mass is 587 g/mol. The highest BCUT2D eigenvalue weighted by atomic mass is 32.2. The zero-order valence-electron chi connectivity index (χ0n) is 23.5. The minimum Gasteiger partial charge on any atom is -0.466 e. The summed E-state index contributed by atoms with van der Waals surface area (Å²) < 4.78 is 37.7. The number of hydrogen-bond donors (Lipinski definition) is 0. The van der Waals surface area contributed by atoms with Crippen molar-refractivity contribution < 1.29 is 22.7 Å². The number of carbonyl (C=O) groups excluding carboxylic acids is 1. The Balaban J connectivity index is 1.29. The number of amides is 1. The number of fused-ring (bicyclic) bond motifs is 3. The molecule has 0 saturated carbocycles. The summed E-state index contributed by atoms with van der Waals surface area (Å²) in [7, 11) is -3.75. The lowest BCUT2D eigenvalue weighted by Crippen LogP contribution is -2.55. The van der Waals surface area contributed by atoms with E-state index < -0.39 is 27.6 Å². The lowest BCUT2D eigenvalue weighted by atomic mass is 9.75. The van der Waals surface area contributed by atoms with Gasteiger partial charge in [-0.2, -0.15) is 10.2 Å². The predicted molar refractivity (Wildman–Crippen MR) is 155 cm³/mol. The highest BCUT2D eigenvalue weighted by Gasteiger charge is 2.44. The van der Waals surface area contributed by atoms with E-state index in [2.05, 4.69) is 28.2 Å². The van der Waals surface area contributed by atoms with Gasteiger partial charge in [-0.3, -0.25) is 0 Å². The molecule has 218 valence electrons. The molecule has 2 atom stereocenters. The summed E-state index contributed by atoms with van der Waals surface area (Å²) in [5.41, 5.74) is 3.46. The molecule has 3 aliphatic rings. The first-order valence-electron chi connectivity index (χ1n) is 14.2. The van der Waals surface area contributed by atoms with E-state index in [1.54, 1.807) is 4.90 Å². The maximum atomic E-state index is 13.0. The van der Waals surface area contributed by atoms with Crippen LogP contribution in [0.4, 0.5) is 10.6 Å². The molecule has 1 unspecified atom stereocenters. The van der Waals surface area contributed by atoms with Crippen LogP contribution in [0.1, 0.15) is 47.9 Å². The van der Waals surface area contributed by atoms with Crippen LogP contribution in [0, 0.1) is 11.3 Å². The SMILES string of the molecule is CS(=O)(=O)c1nc2c(c(N3CCN(C(=O)OCc4ccccc4)[C@@H](CC#N)C3)n1)CCC1(CCCc3ccccc31)O2. The molecule has 42 heavy (non-hydrogen) atoms. The summed E-state index contributed by atoms with van der Waals surface area (Å²) in [6.45, 7) is 1.13. The maximum Gasteiger partial charge on any atom is 0.410 e. The standard InChI is InChI=1S/C31H33N5O5S/c1-42(38,39)29-33-27(25-13-16-31(41-28(25)34-29)15-7-11-23-10-5-6-12-26(23)31)35-18-19-36(24(20-35)14-17-32)30(37)40-21-22-8-3-2-4-9-22/h2-6,8-10,12,24H,7,11,13-16,18-21H2,1H3/t24-,31?/m0/s1. The number of nitrogens with zero attached hydrogens (tertiary/aromatic N) is 5. The van der Waals surface area contributed by atoms with Gasteiger partial charge >= 0.3 is 6.09 Å². The van der Waals surface area contributed by atoms with E-state index in [0.29, 0.717) is 37.8 Å². The van der Waals surface area contributed by atoms with Crippen molar-refractivity contribution in [1.82, 2.24) is 14.9 Å². The summed E-state index contributed by atoms with van der Waals surface area (Å²) in [6.07, 6.45) is 4.82. The number of carbonyl (C=O) groups is 1. The third-order valence-electron chi connectivity index (χ3n) is 8.41. The van der Waals surface area contributed by atoms with E-state index in [1.165, 1.54) is 5.56 Å². The Morgan fingerprint density at radius 3 is 2.67 bits per heavy atom. The quantitative estimate of drug-likeness (QED) is 0.404. The van der Waals surface area contributed by atoms with Gasteiger partial charge < -0.3 is 19.3 Å². The third-order valence-corrected chi connectivity index (χ3v) is 9.26. The Morgan fingerprint density at radius 1 is 1.10 bits per heavy atom. The third kappa shape index (κ3) is 5.39. The van der Waals surface area contributed by atoms with Crippen molar-refractivity contribution in [2.24, 2.45) is 0 Å². The molecule has 11 heteroatoms. The number of aryl methyl sites for hydroxylation is 1. The van der Waals surface area contributed by atoms with Gasteiger partial charge in [0.25, 0.3) is 5.16 Å². The Bertz CT molecular complexity index is 1640. The van der Waals surface area contributed by atoms with Gasteiger partial charge in [0.2, 0.25) is 15.7 Å². The molecular weight excluding hydrogens is 554 g/mol. The fourth-order valence-electron chi connectivity index (χ4n) is 6.34. The molecular formula is C31H33N5O5S. The van der Waals surface area contributed by atoms with Crippen LogP contribution in [-0.2, 0) is 39.6 Å². The van der Waals surface area contributed by atoms with Gasteiger partial charge in [0.1, 0.15) is 18.0 Å². The summed E-state index contributed by atoms with van der Waals surface area (Å²) in [6, 6.07) is 19.4. The number of piperazine rings is 1. The molecule has 6 rings (SSSR count). The second kappa shape index (κ2) is 11.2. The van der Waals surface area contributed by atoms with Crippen LogP contribution in [0.2, 0.25) is 0 Å². The van der Waals surface area contributed by atoms with Gasteiger partial charge in [-0.1, -0.05) is 54.6 Å². The van der Waals surface area contributed by atoms with Gasteiger partial charge in [-0.15, -0.1) is 0 Å². The van der Waals surface area contributed by atoms with E-state index in [4.69, 9.17) is 9.47 Å². The van der Waals surface area contributed by atoms with Crippen molar-refractivity contribution >= 4 is 21.7 Å². The lowest BCUT2D eigenvalue weighted by Gasteiger charge is -2.44. The van der Waals surface area contributed by atoms with Gasteiger partial charge in [-0.05, 0) is 48.8 Å².